The van der Waals surface area contributed by atoms with Crippen molar-refractivity contribution in [1.82, 2.24) is 4.98 Å². The molecule has 0 radical (unpaired) electrons. The minimum Gasteiger partial charge on any atom is -0.497 e. The Morgan fingerprint density at radius 3 is 2.61 bits per heavy atom. The SMILES string of the molecule is COC(=O)c1[nH]c2cc(OC)ccc2c1NC(=O)CC[NH+](C)C. The number of ether oxygens (including phenoxy) is 2. The molecule has 7 nitrogen and oxygen atoms in total. The van der Waals surface area contributed by atoms with Gasteiger partial charge in [-0.15, -0.1) is 0 Å². The lowest BCUT2D eigenvalue weighted by Gasteiger charge is -2.09. The maximum absolute atomic E-state index is 12.1. The predicted molar refractivity (Wildman–Crippen MR) is 87.1 cm³/mol. The first-order valence-corrected chi connectivity index (χ1v) is 7.33. The number of carbonyl (C=O) groups excluding carboxylic acids is 2. The molecule has 7 heteroatoms. The van der Waals surface area contributed by atoms with Gasteiger partial charge in [-0.05, 0) is 12.1 Å². The number of benzene rings is 1. The largest absolute Gasteiger partial charge is 0.497 e. The van der Waals surface area contributed by atoms with E-state index in [0.29, 0.717) is 29.9 Å². The maximum atomic E-state index is 12.1. The maximum Gasteiger partial charge on any atom is 0.356 e. The molecule has 0 fully saturated rings. The summed E-state index contributed by atoms with van der Waals surface area (Å²) >= 11 is 0. The third kappa shape index (κ3) is 3.81. The summed E-state index contributed by atoms with van der Waals surface area (Å²) in [7, 11) is 6.82. The second kappa shape index (κ2) is 7.15. The third-order valence-electron chi connectivity index (χ3n) is 3.51. The number of anilines is 1. The van der Waals surface area contributed by atoms with Crippen LogP contribution in [0.3, 0.4) is 0 Å². The van der Waals surface area contributed by atoms with Gasteiger partial charge in [-0.1, -0.05) is 0 Å². The average Bonchev–Trinajstić information content (AvgIpc) is 2.89. The number of amides is 1. The molecule has 23 heavy (non-hydrogen) atoms. The second-order valence-electron chi connectivity index (χ2n) is 5.53. The summed E-state index contributed by atoms with van der Waals surface area (Å²) in [5.41, 5.74) is 1.35. The summed E-state index contributed by atoms with van der Waals surface area (Å²) in [6.07, 6.45) is 0.367. The Morgan fingerprint density at radius 2 is 2.00 bits per heavy atom. The van der Waals surface area contributed by atoms with Gasteiger partial charge < -0.3 is 24.7 Å². The highest BCUT2D eigenvalue weighted by atomic mass is 16.5. The Morgan fingerprint density at radius 1 is 1.26 bits per heavy atom. The number of fused-ring (bicyclic) bond motifs is 1. The van der Waals surface area contributed by atoms with Crippen molar-refractivity contribution in [3.63, 3.8) is 0 Å². The number of hydrogen-bond donors (Lipinski definition) is 3. The van der Waals surface area contributed by atoms with Crippen LogP contribution in [0.15, 0.2) is 18.2 Å². The fraction of sp³-hybridized carbons (Fsp3) is 0.375. The van der Waals surface area contributed by atoms with Gasteiger partial charge in [-0.25, -0.2) is 4.79 Å². The van der Waals surface area contributed by atoms with Crippen LogP contribution in [0.25, 0.3) is 10.9 Å². The van der Waals surface area contributed by atoms with E-state index in [0.717, 1.165) is 5.39 Å². The minimum atomic E-state index is -0.534. The van der Waals surface area contributed by atoms with Gasteiger partial charge in [0, 0.05) is 11.5 Å². The lowest BCUT2D eigenvalue weighted by Crippen LogP contribution is -3.05. The molecule has 1 aromatic heterocycles. The van der Waals surface area contributed by atoms with Gasteiger partial charge in [0.15, 0.2) is 0 Å². The Labute approximate surface area is 134 Å². The first kappa shape index (κ1) is 16.8. The van der Waals surface area contributed by atoms with Gasteiger partial charge in [0.05, 0.1) is 52.5 Å². The molecule has 0 aliphatic carbocycles. The van der Waals surface area contributed by atoms with E-state index in [1.807, 2.05) is 14.1 Å². The number of H-pyrrole nitrogens is 1. The fourth-order valence-electron chi connectivity index (χ4n) is 2.25. The van der Waals surface area contributed by atoms with Crippen molar-refractivity contribution < 1.29 is 24.0 Å². The minimum absolute atomic E-state index is 0.145. The number of carbonyl (C=O) groups is 2. The van der Waals surface area contributed by atoms with E-state index >= 15 is 0 Å². The van der Waals surface area contributed by atoms with Crippen LogP contribution >= 0.6 is 0 Å². The number of hydrogen-bond acceptors (Lipinski definition) is 4. The van der Waals surface area contributed by atoms with Crippen LogP contribution in [0.1, 0.15) is 16.9 Å². The standard InChI is InChI=1S/C16H21N3O4/c1-19(2)8-7-13(20)18-14-11-6-5-10(22-3)9-12(11)17-15(14)16(21)23-4/h5-6,9,17H,7-8H2,1-4H3,(H,18,20)/p+1. The van der Waals surface area contributed by atoms with E-state index in [9.17, 15) is 9.59 Å². The molecule has 1 amide bonds. The van der Waals surface area contributed by atoms with E-state index in [-0.39, 0.29) is 11.6 Å². The number of quaternary nitrogens is 1. The molecule has 0 aliphatic rings. The molecule has 0 unspecified atom stereocenters. The Hall–Kier alpha value is -2.54. The van der Waals surface area contributed by atoms with Crippen LogP contribution < -0.4 is 15.0 Å². The van der Waals surface area contributed by atoms with Crippen LogP contribution in [-0.4, -0.2) is 51.7 Å². The number of esters is 1. The summed E-state index contributed by atoms with van der Waals surface area (Å²) in [5.74, 6) is -0.0222. The van der Waals surface area contributed by atoms with Gasteiger partial charge in [-0.3, -0.25) is 4.79 Å². The second-order valence-corrected chi connectivity index (χ2v) is 5.53. The first-order chi connectivity index (χ1) is 11.0. The van der Waals surface area contributed by atoms with Gasteiger partial charge in [0.1, 0.15) is 11.4 Å². The molecule has 0 aliphatic heterocycles. The number of aromatic nitrogens is 1. The van der Waals surface area contributed by atoms with Crippen molar-refractivity contribution in [3.8, 4) is 5.75 Å². The fourth-order valence-corrected chi connectivity index (χ4v) is 2.25. The molecule has 0 spiro atoms. The Balaban J connectivity index is 2.38. The van der Waals surface area contributed by atoms with Crippen molar-refractivity contribution in [1.29, 1.82) is 0 Å². The Kier molecular flexibility index (Phi) is 5.23. The van der Waals surface area contributed by atoms with Gasteiger partial charge >= 0.3 is 5.97 Å². The van der Waals surface area contributed by atoms with E-state index in [1.165, 1.54) is 12.0 Å². The van der Waals surface area contributed by atoms with Gasteiger partial charge in [-0.2, -0.15) is 0 Å². The van der Waals surface area contributed by atoms with Crippen molar-refractivity contribution in [2.45, 2.75) is 6.42 Å². The zero-order valence-electron chi connectivity index (χ0n) is 13.8. The first-order valence-electron chi connectivity index (χ1n) is 7.33. The summed E-state index contributed by atoms with van der Waals surface area (Å²) < 4.78 is 9.96. The molecule has 1 heterocycles. The van der Waals surface area contributed by atoms with Crippen molar-refractivity contribution in [2.75, 3.05) is 40.2 Å². The lowest BCUT2D eigenvalue weighted by molar-refractivity contribution is -0.857. The lowest BCUT2D eigenvalue weighted by atomic mass is 10.2. The average molecular weight is 320 g/mol. The number of aromatic amines is 1. The van der Waals surface area contributed by atoms with E-state index in [4.69, 9.17) is 9.47 Å². The summed E-state index contributed by atoms with van der Waals surface area (Å²) in [6, 6.07) is 5.34. The summed E-state index contributed by atoms with van der Waals surface area (Å²) in [5, 5.41) is 3.55. The summed E-state index contributed by atoms with van der Waals surface area (Å²) in [4.78, 5) is 28.3. The monoisotopic (exact) mass is 320 g/mol. The van der Waals surface area contributed by atoms with Gasteiger partial charge in [0.25, 0.3) is 0 Å². The van der Waals surface area contributed by atoms with Crippen molar-refractivity contribution >= 4 is 28.5 Å². The molecule has 2 rings (SSSR count). The topological polar surface area (TPSA) is 84.9 Å². The zero-order valence-corrected chi connectivity index (χ0v) is 13.8. The van der Waals surface area contributed by atoms with Crippen LogP contribution in [0.5, 0.6) is 5.75 Å². The van der Waals surface area contributed by atoms with Crippen LogP contribution in [0, 0.1) is 0 Å². The molecule has 0 atom stereocenters. The predicted octanol–water partition coefficient (Wildman–Crippen LogP) is 0.436. The third-order valence-corrected chi connectivity index (χ3v) is 3.51. The zero-order chi connectivity index (χ0) is 17.0. The molecular formula is C16H22N3O4+. The van der Waals surface area contributed by atoms with Crippen molar-refractivity contribution in [3.05, 3.63) is 23.9 Å². The van der Waals surface area contributed by atoms with Crippen LogP contribution in [0.4, 0.5) is 5.69 Å². The molecule has 124 valence electrons. The highest BCUT2D eigenvalue weighted by Gasteiger charge is 2.20. The van der Waals surface area contributed by atoms with Crippen LogP contribution in [-0.2, 0) is 9.53 Å². The summed E-state index contributed by atoms with van der Waals surface area (Å²) in [6.45, 7) is 0.704. The van der Waals surface area contributed by atoms with Crippen molar-refractivity contribution in [2.24, 2.45) is 0 Å². The van der Waals surface area contributed by atoms with E-state index in [1.54, 1.807) is 25.3 Å². The smallest absolute Gasteiger partial charge is 0.356 e. The van der Waals surface area contributed by atoms with E-state index < -0.39 is 5.97 Å². The van der Waals surface area contributed by atoms with Gasteiger partial charge in [0.2, 0.25) is 5.91 Å². The molecule has 1 aromatic carbocycles. The molecule has 0 saturated carbocycles. The van der Waals surface area contributed by atoms with Crippen LogP contribution in [0.2, 0.25) is 0 Å². The molecule has 3 N–H and O–H groups in total. The highest BCUT2D eigenvalue weighted by molar-refractivity contribution is 6.11. The number of rotatable bonds is 6. The molecular weight excluding hydrogens is 298 g/mol. The van der Waals surface area contributed by atoms with E-state index in [2.05, 4.69) is 10.3 Å². The molecule has 0 saturated heterocycles. The molecule has 2 aromatic rings. The quantitative estimate of drug-likeness (QED) is 0.674. The highest BCUT2D eigenvalue weighted by Crippen LogP contribution is 2.31. The number of methoxy groups -OCH3 is 2. The number of nitrogens with one attached hydrogen (secondary N) is 3. The Bertz CT molecular complexity index is 721. The molecule has 0 bridgehead atoms. The normalized spacial score (nSPS) is 10.8.